The van der Waals surface area contributed by atoms with E-state index in [0.29, 0.717) is 18.4 Å². The standard InChI is InChI=1S/C22H20N2O/c1-16(20-12-11-19-4-2-3-5-21(19)14-20)24-22(25)13-10-17-6-8-18(15-23)9-7-17/h2-9,11-12,14,16H,10,13H2,1H3,(H,24,25). The van der Waals surface area contributed by atoms with Crippen molar-refractivity contribution in [3.8, 4) is 6.07 Å². The molecular weight excluding hydrogens is 308 g/mol. The van der Waals surface area contributed by atoms with Crippen molar-refractivity contribution in [1.29, 1.82) is 5.26 Å². The molecule has 1 unspecified atom stereocenters. The van der Waals surface area contributed by atoms with Crippen LogP contribution < -0.4 is 5.32 Å². The highest BCUT2D eigenvalue weighted by Gasteiger charge is 2.10. The summed E-state index contributed by atoms with van der Waals surface area (Å²) >= 11 is 0. The van der Waals surface area contributed by atoms with Gasteiger partial charge in [0.05, 0.1) is 17.7 Å². The van der Waals surface area contributed by atoms with Crippen LogP contribution in [0.2, 0.25) is 0 Å². The van der Waals surface area contributed by atoms with Gasteiger partial charge in [0.25, 0.3) is 0 Å². The first kappa shape index (κ1) is 16.7. The minimum atomic E-state index is -0.0296. The predicted molar refractivity (Wildman–Crippen MR) is 100.0 cm³/mol. The third-order valence-electron chi connectivity index (χ3n) is 4.37. The number of carbonyl (C=O) groups is 1. The molecule has 0 bridgehead atoms. The van der Waals surface area contributed by atoms with Crippen molar-refractivity contribution in [1.82, 2.24) is 5.32 Å². The van der Waals surface area contributed by atoms with E-state index in [0.717, 1.165) is 11.1 Å². The van der Waals surface area contributed by atoms with Crippen molar-refractivity contribution in [2.24, 2.45) is 0 Å². The molecule has 3 nitrogen and oxygen atoms in total. The molecule has 3 heteroatoms. The molecule has 124 valence electrons. The molecule has 0 aliphatic rings. The highest BCUT2D eigenvalue weighted by atomic mass is 16.1. The summed E-state index contributed by atoms with van der Waals surface area (Å²) in [5.41, 5.74) is 2.80. The second-order valence-corrected chi connectivity index (χ2v) is 6.20. The maximum atomic E-state index is 12.2. The van der Waals surface area contributed by atoms with E-state index in [1.54, 1.807) is 12.1 Å². The van der Waals surface area contributed by atoms with Gasteiger partial charge in [0.1, 0.15) is 0 Å². The Balaban J connectivity index is 1.58. The summed E-state index contributed by atoms with van der Waals surface area (Å²) in [7, 11) is 0. The van der Waals surface area contributed by atoms with E-state index >= 15 is 0 Å². The predicted octanol–water partition coefficient (Wildman–Crippen LogP) is 4.52. The molecule has 3 rings (SSSR count). The number of aryl methyl sites for hydroxylation is 1. The number of amides is 1. The molecule has 3 aromatic carbocycles. The fourth-order valence-corrected chi connectivity index (χ4v) is 2.88. The molecule has 0 aliphatic carbocycles. The summed E-state index contributed by atoms with van der Waals surface area (Å²) in [5, 5.41) is 14.2. The van der Waals surface area contributed by atoms with Gasteiger partial charge in [-0.05, 0) is 53.4 Å². The number of carbonyl (C=O) groups excluding carboxylic acids is 1. The smallest absolute Gasteiger partial charge is 0.220 e. The number of benzene rings is 3. The van der Waals surface area contributed by atoms with Gasteiger partial charge in [-0.2, -0.15) is 5.26 Å². The largest absolute Gasteiger partial charge is 0.350 e. The zero-order valence-electron chi connectivity index (χ0n) is 14.2. The molecule has 0 radical (unpaired) electrons. The van der Waals surface area contributed by atoms with Crippen molar-refractivity contribution in [3.63, 3.8) is 0 Å². The molecule has 0 aliphatic heterocycles. The van der Waals surface area contributed by atoms with Crippen LogP contribution in [0.1, 0.15) is 36.1 Å². The highest BCUT2D eigenvalue weighted by Crippen LogP contribution is 2.20. The van der Waals surface area contributed by atoms with Crippen LogP contribution in [0.5, 0.6) is 0 Å². The Morgan fingerprint density at radius 1 is 1.04 bits per heavy atom. The fraction of sp³-hybridized carbons (Fsp3) is 0.182. The first-order valence-corrected chi connectivity index (χ1v) is 8.43. The average Bonchev–Trinajstić information content (AvgIpc) is 2.66. The van der Waals surface area contributed by atoms with Crippen LogP contribution in [-0.2, 0) is 11.2 Å². The number of hydrogen-bond acceptors (Lipinski definition) is 2. The topological polar surface area (TPSA) is 52.9 Å². The van der Waals surface area contributed by atoms with Crippen LogP contribution in [0, 0.1) is 11.3 Å². The molecule has 1 amide bonds. The molecular formula is C22H20N2O. The lowest BCUT2D eigenvalue weighted by molar-refractivity contribution is -0.121. The normalized spacial score (nSPS) is 11.7. The SMILES string of the molecule is CC(NC(=O)CCc1ccc(C#N)cc1)c1ccc2ccccc2c1. The van der Waals surface area contributed by atoms with E-state index in [2.05, 4.69) is 41.7 Å². The van der Waals surface area contributed by atoms with Gasteiger partial charge in [-0.15, -0.1) is 0 Å². The zero-order valence-corrected chi connectivity index (χ0v) is 14.2. The molecule has 3 aromatic rings. The Morgan fingerprint density at radius 2 is 1.76 bits per heavy atom. The summed E-state index contributed by atoms with van der Waals surface area (Å²) in [6.45, 7) is 2.00. The number of rotatable bonds is 5. The van der Waals surface area contributed by atoms with Crippen LogP contribution >= 0.6 is 0 Å². The quantitative estimate of drug-likeness (QED) is 0.748. The Labute approximate surface area is 147 Å². The number of nitrogens with one attached hydrogen (secondary N) is 1. The fourth-order valence-electron chi connectivity index (χ4n) is 2.88. The second kappa shape index (κ2) is 7.63. The van der Waals surface area contributed by atoms with Gasteiger partial charge >= 0.3 is 0 Å². The third-order valence-corrected chi connectivity index (χ3v) is 4.37. The summed E-state index contributed by atoms with van der Waals surface area (Å²) in [5.74, 6) is 0.0324. The van der Waals surface area contributed by atoms with Gasteiger partial charge in [0, 0.05) is 6.42 Å². The Morgan fingerprint density at radius 3 is 2.48 bits per heavy atom. The maximum absolute atomic E-state index is 12.2. The Kier molecular flexibility index (Phi) is 5.11. The van der Waals surface area contributed by atoms with Gasteiger partial charge in [0.15, 0.2) is 0 Å². The summed E-state index contributed by atoms with van der Waals surface area (Å²) in [6.07, 6.45) is 1.10. The van der Waals surface area contributed by atoms with Gasteiger partial charge in [-0.1, -0.05) is 48.5 Å². The van der Waals surface area contributed by atoms with E-state index in [1.807, 2.05) is 31.2 Å². The van der Waals surface area contributed by atoms with E-state index in [9.17, 15) is 4.79 Å². The van der Waals surface area contributed by atoms with Crippen LogP contribution in [0.4, 0.5) is 0 Å². The zero-order chi connectivity index (χ0) is 17.6. The lowest BCUT2D eigenvalue weighted by atomic mass is 10.0. The Hall–Kier alpha value is -3.12. The first-order chi connectivity index (χ1) is 12.2. The molecule has 0 spiro atoms. The van der Waals surface area contributed by atoms with Crippen LogP contribution in [0.15, 0.2) is 66.7 Å². The number of nitriles is 1. The monoisotopic (exact) mass is 328 g/mol. The van der Waals surface area contributed by atoms with E-state index in [1.165, 1.54) is 10.8 Å². The number of fused-ring (bicyclic) bond motifs is 1. The van der Waals surface area contributed by atoms with Crippen LogP contribution in [0.25, 0.3) is 10.8 Å². The number of nitrogens with zero attached hydrogens (tertiary/aromatic N) is 1. The molecule has 0 saturated carbocycles. The lowest BCUT2D eigenvalue weighted by Crippen LogP contribution is -2.26. The maximum Gasteiger partial charge on any atom is 0.220 e. The van der Waals surface area contributed by atoms with Crippen molar-refractivity contribution < 1.29 is 4.79 Å². The molecule has 1 N–H and O–H groups in total. The van der Waals surface area contributed by atoms with Crippen molar-refractivity contribution >= 4 is 16.7 Å². The Bertz CT molecular complexity index is 923. The third kappa shape index (κ3) is 4.24. The minimum Gasteiger partial charge on any atom is -0.350 e. The molecule has 1 atom stereocenters. The first-order valence-electron chi connectivity index (χ1n) is 8.43. The molecule has 0 saturated heterocycles. The van der Waals surface area contributed by atoms with E-state index in [4.69, 9.17) is 5.26 Å². The molecule has 0 heterocycles. The van der Waals surface area contributed by atoms with Gasteiger partial charge in [-0.3, -0.25) is 4.79 Å². The molecule has 0 fully saturated rings. The molecule has 0 aromatic heterocycles. The summed E-state index contributed by atoms with van der Waals surface area (Å²) < 4.78 is 0. The van der Waals surface area contributed by atoms with Gasteiger partial charge < -0.3 is 5.32 Å². The van der Waals surface area contributed by atoms with E-state index in [-0.39, 0.29) is 11.9 Å². The van der Waals surface area contributed by atoms with Gasteiger partial charge in [-0.25, -0.2) is 0 Å². The molecule has 25 heavy (non-hydrogen) atoms. The minimum absolute atomic E-state index is 0.0296. The van der Waals surface area contributed by atoms with Crippen LogP contribution in [-0.4, -0.2) is 5.91 Å². The lowest BCUT2D eigenvalue weighted by Gasteiger charge is -2.15. The average molecular weight is 328 g/mol. The summed E-state index contributed by atoms with van der Waals surface area (Å²) in [4.78, 5) is 12.2. The van der Waals surface area contributed by atoms with Crippen molar-refractivity contribution in [3.05, 3.63) is 83.4 Å². The summed E-state index contributed by atoms with van der Waals surface area (Å²) in [6, 6.07) is 23.9. The highest BCUT2D eigenvalue weighted by molar-refractivity contribution is 5.83. The second-order valence-electron chi connectivity index (χ2n) is 6.20. The van der Waals surface area contributed by atoms with Gasteiger partial charge in [0.2, 0.25) is 5.91 Å². The number of hydrogen-bond donors (Lipinski definition) is 1. The van der Waals surface area contributed by atoms with E-state index < -0.39 is 0 Å². The van der Waals surface area contributed by atoms with Crippen molar-refractivity contribution in [2.75, 3.05) is 0 Å². The van der Waals surface area contributed by atoms with Crippen LogP contribution in [0.3, 0.4) is 0 Å². The van der Waals surface area contributed by atoms with Crippen molar-refractivity contribution in [2.45, 2.75) is 25.8 Å².